The van der Waals surface area contributed by atoms with Crippen molar-refractivity contribution in [2.75, 3.05) is 0 Å². The van der Waals surface area contributed by atoms with Gasteiger partial charge in [-0.15, -0.1) is 6.42 Å². The molecule has 3 rings (SSSR count). The second-order valence-electron chi connectivity index (χ2n) is 6.48. The van der Waals surface area contributed by atoms with Gasteiger partial charge in [-0.3, -0.25) is 4.79 Å². The van der Waals surface area contributed by atoms with Gasteiger partial charge in [0.15, 0.2) is 4.80 Å². The van der Waals surface area contributed by atoms with Crippen LogP contribution < -0.4 is 4.80 Å². The maximum absolute atomic E-state index is 12.3. The Morgan fingerprint density at radius 3 is 2.70 bits per heavy atom. The van der Waals surface area contributed by atoms with Crippen LogP contribution in [0.2, 0.25) is 0 Å². The van der Waals surface area contributed by atoms with Crippen molar-refractivity contribution in [2.24, 2.45) is 10.4 Å². The molecule has 0 aliphatic carbocycles. The molecule has 0 fully saturated rings. The minimum absolute atomic E-state index is 0.140. The van der Waals surface area contributed by atoms with Gasteiger partial charge in [0.25, 0.3) is 5.91 Å². The Morgan fingerprint density at radius 2 is 2.00 bits per heavy atom. The van der Waals surface area contributed by atoms with Crippen LogP contribution in [-0.4, -0.2) is 10.5 Å². The van der Waals surface area contributed by atoms with Crippen molar-refractivity contribution in [3.8, 4) is 12.3 Å². The lowest BCUT2D eigenvalue weighted by Gasteiger charge is -2.11. The SMILES string of the molecule is C#CCn1c(=NC(=O)C(C)(C)C)sc2c3ccccc3ccc21. The molecule has 0 N–H and O–H groups in total. The van der Waals surface area contributed by atoms with Crippen molar-refractivity contribution in [1.29, 1.82) is 0 Å². The lowest BCUT2D eigenvalue weighted by molar-refractivity contribution is -0.125. The number of aromatic nitrogens is 1. The van der Waals surface area contributed by atoms with E-state index in [0.717, 1.165) is 15.6 Å². The fourth-order valence-corrected chi connectivity index (χ4v) is 3.55. The van der Waals surface area contributed by atoms with Gasteiger partial charge >= 0.3 is 0 Å². The zero-order valence-electron chi connectivity index (χ0n) is 13.5. The number of amides is 1. The summed E-state index contributed by atoms with van der Waals surface area (Å²) in [5.41, 5.74) is 0.513. The van der Waals surface area contributed by atoms with Gasteiger partial charge in [0.1, 0.15) is 0 Å². The molecule has 3 nitrogen and oxygen atoms in total. The molecule has 4 heteroatoms. The predicted octanol–water partition coefficient (Wildman–Crippen LogP) is 3.96. The monoisotopic (exact) mass is 322 g/mol. The second kappa shape index (κ2) is 5.68. The van der Waals surface area contributed by atoms with E-state index in [0.29, 0.717) is 11.3 Å². The average Bonchev–Trinajstić information content (AvgIpc) is 2.85. The maximum Gasteiger partial charge on any atom is 0.253 e. The van der Waals surface area contributed by atoms with Crippen LogP contribution >= 0.6 is 11.3 Å². The summed E-state index contributed by atoms with van der Waals surface area (Å²) in [4.78, 5) is 17.3. The summed E-state index contributed by atoms with van der Waals surface area (Å²) in [7, 11) is 0. The van der Waals surface area contributed by atoms with E-state index in [2.05, 4.69) is 29.1 Å². The molecule has 0 atom stereocenters. The number of thiazole rings is 1. The highest BCUT2D eigenvalue weighted by Crippen LogP contribution is 2.27. The Kier molecular flexibility index (Phi) is 3.83. The number of carbonyl (C=O) groups is 1. The summed E-state index contributed by atoms with van der Waals surface area (Å²) >= 11 is 1.52. The summed E-state index contributed by atoms with van der Waals surface area (Å²) in [5, 5.41) is 2.33. The van der Waals surface area contributed by atoms with E-state index in [9.17, 15) is 4.79 Å². The molecule has 0 unspecified atom stereocenters. The highest BCUT2D eigenvalue weighted by molar-refractivity contribution is 7.17. The molecule has 116 valence electrons. The Hall–Kier alpha value is -2.38. The zero-order chi connectivity index (χ0) is 16.6. The molecule has 0 aliphatic rings. The van der Waals surface area contributed by atoms with Gasteiger partial charge in [-0.1, -0.05) is 68.4 Å². The average molecular weight is 322 g/mol. The molecule has 0 saturated heterocycles. The van der Waals surface area contributed by atoms with E-state index >= 15 is 0 Å². The van der Waals surface area contributed by atoms with Crippen LogP contribution in [0.15, 0.2) is 41.4 Å². The normalized spacial score (nSPS) is 12.7. The molecular weight excluding hydrogens is 304 g/mol. The van der Waals surface area contributed by atoms with Gasteiger partial charge in [0, 0.05) is 10.8 Å². The minimum Gasteiger partial charge on any atom is -0.305 e. The fourth-order valence-electron chi connectivity index (χ4n) is 2.38. The molecule has 0 radical (unpaired) electrons. The Morgan fingerprint density at radius 1 is 1.26 bits per heavy atom. The highest BCUT2D eigenvalue weighted by atomic mass is 32.1. The van der Waals surface area contributed by atoms with Gasteiger partial charge < -0.3 is 4.57 Å². The second-order valence-corrected chi connectivity index (χ2v) is 7.45. The third kappa shape index (κ3) is 2.80. The molecule has 2 aromatic carbocycles. The number of hydrogen-bond acceptors (Lipinski definition) is 2. The summed E-state index contributed by atoms with van der Waals surface area (Å²) in [6.07, 6.45) is 5.52. The van der Waals surface area contributed by atoms with Gasteiger partial charge in [-0.25, -0.2) is 0 Å². The van der Waals surface area contributed by atoms with Crippen molar-refractivity contribution >= 4 is 38.2 Å². The third-order valence-electron chi connectivity index (χ3n) is 3.66. The van der Waals surface area contributed by atoms with Crippen molar-refractivity contribution in [1.82, 2.24) is 4.57 Å². The molecule has 1 aromatic heterocycles. The van der Waals surface area contributed by atoms with Crippen LogP contribution in [0.4, 0.5) is 0 Å². The largest absolute Gasteiger partial charge is 0.305 e. The first-order valence-electron chi connectivity index (χ1n) is 7.45. The lowest BCUT2D eigenvalue weighted by atomic mass is 9.96. The summed E-state index contributed by atoms with van der Waals surface area (Å²) in [6.45, 7) is 6.00. The maximum atomic E-state index is 12.3. The molecule has 1 heterocycles. The smallest absolute Gasteiger partial charge is 0.253 e. The number of carbonyl (C=O) groups excluding carboxylic acids is 1. The summed E-state index contributed by atoms with van der Waals surface area (Å²) in [6, 6.07) is 12.3. The molecule has 0 spiro atoms. The number of fused-ring (bicyclic) bond motifs is 3. The number of nitrogens with zero attached hydrogens (tertiary/aromatic N) is 2. The van der Waals surface area contributed by atoms with Crippen LogP contribution in [-0.2, 0) is 11.3 Å². The predicted molar refractivity (Wildman–Crippen MR) is 96.2 cm³/mol. The van der Waals surface area contributed by atoms with E-state index in [1.54, 1.807) is 0 Å². The molecular formula is C19H18N2OS. The third-order valence-corrected chi connectivity index (χ3v) is 4.79. The van der Waals surface area contributed by atoms with Crippen LogP contribution in [0.1, 0.15) is 20.8 Å². The van der Waals surface area contributed by atoms with Crippen LogP contribution in [0.3, 0.4) is 0 Å². The molecule has 0 saturated carbocycles. The molecule has 0 aliphatic heterocycles. The van der Waals surface area contributed by atoms with Gasteiger partial charge in [-0.05, 0) is 11.5 Å². The quantitative estimate of drug-likeness (QED) is 0.624. The molecule has 23 heavy (non-hydrogen) atoms. The van der Waals surface area contributed by atoms with E-state index in [4.69, 9.17) is 6.42 Å². The van der Waals surface area contributed by atoms with E-state index < -0.39 is 5.41 Å². The van der Waals surface area contributed by atoms with Gasteiger partial charge in [0.2, 0.25) is 0 Å². The molecule has 3 aromatic rings. The van der Waals surface area contributed by atoms with Crippen molar-refractivity contribution in [2.45, 2.75) is 27.3 Å². The molecule has 1 amide bonds. The number of terminal acetylenes is 1. The Balaban J connectivity index is 2.36. The first-order chi connectivity index (χ1) is 10.9. The number of hydrogen-bond donors (Lipinski definition) is 0. The van der Waals surface area contributed by atoms with E-state index in [1.807, 2.05) is 43.5 Å². The lowest BCUT2D eigenvalue weighted by Crippen LogP contribution is -2.23. The standard InChI is InChI=1S/C19H18N2OS/c1-5-12-21-15-11-10-13-8-6-7-9-14(13)16(15)23-18(21)20-17(22)19(2,3)4/h1,6-11H,12H2,2-4H3. The summed E-state index contributed by atoms with van der Waals surface area (Å²) < 4.78 is 3.05. The highest BCUT2D eigenvalue weighted by Gasteiger charge is 2.21. The van der Waals surface area contributed by atoms with Crippen molar-refractivity contribution in [3.05, 3.63) is 41.2 Å². The number of benzene rings is 2. The first-order valence-corrected chi connectivity index (χ1v) is 8.27. The van der Waals surface area contributed by atoms with E-state index in [-0.39, 0.29) is 5.91 Å². The van der Waals surface area contributed by atoms with Crippen LogP contribution in [0.25, 0.3) is 21.0 Å². The fraction of sp³-hybridized carbons (Fsp3) is 0.263. The molecule has 0 bridgehead atoms. The summed E-state index contributed by atoms with van der Waals surface area (Å²) in [5.74, 6) is 2.52. The van der Waals surface area contributed by atoms with Gasteiger partial charge in [-0.2, -0.15) is 4.99 Å². The van der Waals surface area contributed by atoms with Crippen molar-refractivity contribution in [3.63, 3.8) is 0 Å². The Bertz CT molecular complexity index is 1010. The van der Waals surface area contributed by atoms with Gasteiger partial charge in [0.05, 0.1) is 16.8 Å². The van der Waals surface area contributed by atoms with E-state index in [1.165, 1.54) is 16.7 Å². The van der Waals surface area contributed by atoms with Crippen LogP contribution in [0.5, 0.6) is 0 Å². The van der Waals surface area contributed by atoms with Crippen LogP contribution in [0, 0.1) is 17.8 Å². The topological polar surface area (TPSA) is 34.4 Å². The Labute approximate surface area is 139 Å². The zero-order valence-corrected chi connectivity index (χ0v) is 14.3. The number of rotatable bonds is 1. The van der Waals surface area contributed by atoms with Crippen molar-refractivity contribution < 1.29 is 4.79 Å². The minimum atomic E-state index is -0.508. The first kappa shape index (κ1) is 15.5.